The van der Waals surface area contributed by atoms with Gasteiger partial charge in [0.25, 0.3) is 0 Å². The summed E-state index contributed by atoms with van der Waals surface area (Å²) in [5.41, 5.74) is 1.62. The first kappa shape index (κ1) is 15.4. The molecule has 0 radical (unpaired) electrons. The second-order valence-electron chi connectivity index (χ2n) is 5.90. The lowest BCUT2D eigenvalue weighted by Crippen LogP contribution is -2.44. The number of nitrogens with zero attached hydrogens (tertiary/aromatic N) is 2. The van der Waals surface area contributed by atoms with E-state index in [2.05, 4.69) is 12.2 Å². The Bertz CT molecular complexity index is 528. The van der Waals surface area contributed by atoms with Crippen molar-refractivity contribution in [1.82, 2.24) is 4.90 Å². The summed E-state index contributed by atoms with van der Waals surface area (Å²) in [5, 5.41) is 2.69. The largest absolute Gasteiger partial charge is 0.378 e. The van der Waals surface area contributed by atoms with E-state index in [0.717, 1.165) is 18.5 Å². The summed E-state index contributed by atoms with van der Waals surface area (Å²) in [6.45, 7) is 3.45. The average molecular weight is 289 g/mol. The molecule has 0 bridgehead atoms. The molecule has 1 N–H and O–H groups in total. The highest BCUT2D eigenvalue weighted by Gasteiger charge is 2.26. The van der Waals surface area contributed by atoms with Gasteiger partial charge >= 0.3 is 11.8 Å². The van der Waals surface area contributed by atoms with Gasteiger partial charge in [-0.05, 0) is 37.0 Å². The van der Waals surface area contributed by atoms with Gasteiger partial charge in [0.05, 0.1) is 0 Å². The fourth-order valence-corrected chi connectivity index (χ4v) is 2.56. The van der Waals surface area contributed by atoms with Gasteiger partial charge in [0, 0.05) is 38.6 Å². The van der Waals surface area contributed by atoms with Crippen LogP contribution in [0.4, 0.5) is 11.4 Å². The highest BCUT2D eigenvalue weighted by atomic mass is 16.2. The Morgan fingerprint density at radius 3 is 2.76 bits per heavy atom. The predicted octanol–water partition coefficient (Wildman–Crippen LogP) is 1.95. The van der Waals surface area contributed by atoms with Gasteiger partial charge in [0.1, 0.15) is 0 Å². The molecule has 0 aliphatic carbocycles. The molecular weight excluding hydrogens is 266 g/mol. The Kier molecular flexibility index (Phi) is 4.83. The molecule has 1 aliphatic heterocycles. The van der Waals surface area contributed by atoms with Crippen molar-refractivity contribution in [2.75, 3.05) is 37.4 Å². The Hall–Kier alpha value is -2.04. The fourth-order valence-electron chi connectivity index (χ4n) is 2.56. The van der Waals surface area contributed by atoms with Gasteiger partial charge < -0.3 is 15.1 Å². The molecular formula is C16H23N3O2. The number of likely N-dealkylation sites (tertiary alicyclic amines) is 1. The molecule has 2 rings (SSSR count). The van der Waals surface area contributed by atoms with Crippen molar-refractivity contribution in [3.8, 4) is 0 Å². The first-order valence-electron chi connectivity index (χ1n) is 7.35. The molecule has 1 saturated heterocycles. The van der Waals surface area contributed by atoms with Crippen molar-refractivity contribution in [1.29, 1.82) is 0 Å². The van der Waals surface area contributed by atoms with Gasteiger partial charge in [0.2, 0.25) is 0 Å². The van der Waals surface area contributed by atoms with E-state index >= 15 is 0 Å². The Labute approximate surface area is 125 Å². The number of carbonyl (C=O) groups excluding carboxylic acids is 2. The standard InChI is InChI=1S/C16H23N3O2/c1-12-6-5-9-19(11-12)16(21)15(20)17-13-7-4-8-14(10-13)18(2)3/h4,7-8,10,12H,5-6,9,11H2,1-3H3,(H,17,20). The van der Waals surface area contributed by atoms with Crippen molar-refractivity contribution in [2.24, 2.45) is 5.92 Å². The number of benzene rings is 1. The molecule has 2 amide bonds. The first-order chi connectivity index (χ1) is 9.97. The monoisotopic (exact) mass is 289 g/mol. The van der Waals surface area contributed by atoms with Gasteiger partial charge in [0.15, 0.2) is 0 Å². The molecule has 5 heteroatoms. The van der Waals surface area contributed by atoms with Crippen LogP contribution in [0.25, 0.3) is 0 Å². The van der Waals surface area contributed by atoms with Crippen LogP contribution < -0.4 is 10.2 Å². The van der Waals surface area contributed by atoms with E-state index in [1.54, 1.807) is 11.0 Å². The van der Waals surface area contributed by atoms with Gasteiger partial charge in [-0.1, -0.05) is 13.0 Å². The highest BCUT2D eigenvalue weighted by molar-refractivity contribution is 6.39. The van der Waals surface area contributed by atoms with Crippen LogP contribution in [-0.2, 0) is 9.59 Å². The van der Waals surface area contributed by atoms with E-state index < -0.39 is 11.8 Å². The van der Waals surface area contributed by atoms with Gasteiger partial charge in [-0.15, -0.1) is 0 Å². The minimum Gasteiger partial charge on any atom is -0.378 e. The van der Waals surface area contributed by atoms with Crippen LogP contribution in [0.5, 0.6) is 0 Å². The maximum Gasteiger partial charge on any atom is 0.313 e. The third-order valence-electron chi connectivity index (χ3n) is 3.76. The van der Waals surface area contributed by atoms with Gasteiger partial charge in [-0.25, -0.2) is 0 Å². The van der Waals surface area contributed by atoms with E-state index in [1.165, 1.54) is 0 Å². The normalized spacial score (nSPS) is 18.2. The number of hydrogen-bond donors (Lipinski definition) is 1. The third kappa shape index (κ3) is 3.97. The quantitative estimate of drug-likeness (QED) is 0.847. The second kappa shape index (κ2) is 6.61. The number of piperidine rings is 1. The Morgan fingerprint density at radius 2 is 2.10 bits per heavy atom. The van der Waals surface area contributed by atoms with Crippen LogP contribution in [-0.4, -0.2) is 43.9 Å². The first-order valence-corrected chi connectivity index (χ1v) is 7.35. The van der Waals surface area contributed by atoms with Crippen LogP contribution >= 0.6 is 0 Å². The summed E-state index contributed by atoms with van der Waals surface area (Å²) in [4.78, 5) is 27.9. The molecule has 1 aliphatic rings. The van der Waals surface area contributed by atoms with Crippen LogP contribution in [0.1, 0.15) is 19.8 Å². The van der Waals surface area contributed by atoms with Crippen LogP contribution in [0, 0.1) is 5.92 Å². The van der Waals surface area contributed by atoms with Crippen molar-refractivity contribution >= 4 is 23.2 Å². The third-order valence-corrected chi connectivity index (χ3v) is 3.76. The predicted molar refractivity (Wildman–Crippen MR) is 84.4 cm³/mol. The summed E-state index contributed by atoms with van der Waals surface area (Å²) in [7, 11) is 3.86. The molecule has 5 nitrogen and oxygen atoms in total. The lowest BCUT2D eigenvalue weighted by atomic mass is 10.0. The number of hydrogen-bond acceptors (Lipinski definition) is 3. The minimum atomic E-state index is -0.556. The summed E-state index contributed by atoms with van der Waals surface area (Å²) in [6.07, 6.45) is 2.09. The van der Waals surface area contributed by atoms with Crippen molar-refractivity contribution in [3.05, 3.63) is 24.3 Å². The average Bonchev–Trinajstić information content (AvgIpc) is 2.46. The molecule has 0 saturated carbocycles. The van der Waals surface area contributed by atoms with Crippen molar-refractivity contribution < 1.29 is 9.59 Å². The number of carbonyl (C=O) groups is 2. The lowest BCUT2D eigenvalue weighted by molar-refractivity contribution is -0.144. The second-order valence-corrected chi connectivity index (χ2v) is 5.90. The molecule has 1 atom stereocenters. The number of amides is 2. The SMILES string of the molecule is CC1CCCN(C(=O)C(=O)Nc2cccc(N(C)C)c2)C1. The van der Waals surface area contributed by atoms with Crippen molar-refractivity contribution in [3.63, 3.8) is 0 Å². The molecule has 1 heterocycles. The zero-order chi connectivity index (χ0) is 15.4. The number of nitrogens with one attached hydrogen (secondary N) is 1. The molecule has 0 aromatic heterocycles. The Morgan fingerprint density at radius 1 is 1.33 bits per heavy atom. The van der Waals surface area contributed by atoms with Crippen LogP contribution in [0.15, 0.2) is 24.3 Å². The van der Waals surface area contributed by atoms with E-state index in [4.69, 9.17) is 0 Å². The Balaban J connectivity index is 2.00. The topological polar surface area (TPSA) is 52.7 Å². The molecule has 1 aromatic rings. The van der Waals surface area contributed by atoms with E-state index in [9.17, 15) is 9.59 Å². The minimum absolute atomic E-state index is 0.434. The maximum atomic E-state index is 12.2. The fraction of sp³-hybridized carbons (Fsp3) is 0.500. The maximum absolute atomic E-state index is 12.2. The smallest absolute Gasteiger partial charge is 0.313 e. The van der Waals surface area contributed by atoms with E-state index in [1.807, 2.05) is 37.2 Å². The van der Waals surface area contributed by atoms with Crippen molar-refractivity contribution in [2.45, 2.75) is 19.8 Å². The number of rotatable bonds is 2. The molecule has 0 spiro atoms. The zero-order valence-corrected chi connectivity index (χ0v) is 12.9. The van der Waals surface area contributed by atoms with Crippen LogP contribution in [0.2, 0.25) is 0 Å². The molecule has 21 heavy (non-hydrogen) atoms. The summed E-state index contributed by atoms with van der Waals surface area (Å²) < 4.78 is 0. The van der Waals surface area contributed by atoms with E-state index in [0.29, 0.717) is 24.7 Å². The summed E-state index contributed by atoms with van der Waals surface area (Å²) in [6, 6.07) is 7.45. The number of anilines is 2. The zero-order valence-electron chi connectivity index (χ0n) is 12.9. The molecule has 114 valence electrons. The van der Waals surface area contributed by atoms with E-state index in [-0.39, 0.29) is 0 Å². The lowest BCUT2D eigenvalue weighted by Gasteiger charge is -2.30. The summed E-state index contributed by atoms with van der Waals surface area (Å²) in [5.74, 6) is -0.524. The van der Waals surface area contributed by atoms with Gasteiger partial charge in [-0.3, -0.25) is 9.59 Å². The van der Waals surface area contributed by atoms with Gasteiger partial charge in [-0.2, -0.15) is 0 Å². The molecule has 1 fully saturated rings. The van der Waals surface area contributed by atoms with Crippen LogP contribution in [0.3, 0.4) is 0 Å². The summed E-state index contributed by atoms with van der Waals surface area (Å²) >= 11 is 0. The highest BCUT2D eigenvalue weighted by Crippen LogP contribution is 2.18. The molecule has 1 aromatic carbocycles. The molecule has 1 unspecified atom stereocenters.